The predicted octanol–water partition coefficient (Wildman–Crippen LogP) is 2.13. The fraction of sp³-hybridized carbons (Fsp3) is 0.643. The van der Waals surface area contributed by atoms with Crippen molar-refractivity contribution in [3.63, 3.8) is 0 Å². The number of nitrogens with one attached hydrogen (secondary N) is 1. The molecule has 0 bridgehead atoms. The fourth-order valence-electron chi connectivity index (χ4n) is 2.48. The fourth-order valence-corrected chi connectivity index (χ4v) is 2.48. The topological polar surface area (TPSA) is 45.1 Å². The molecule has 3 heteroatoms. The van der Waals surface area contributed by atoms with Crippen LogP contribution in [0.25, 0.3) is 0 Å². The van der Waals surface area contributed by atoms with E-state index >= 15 is 0 Å². The first-order valence-electron chi connectivity index (χ1n) is 6.47. The van der Waals surface area contributed by atoms with Gasteiger partial charge in [0.15, 0.2) is 0 Å². The molecular weight excluding hydrogens is 212 g/mol. The highest BCUT2D eigenvalue weighted by molar-refractivity contribution is 5.20. The minimum absolute atomic E-state index is 0.431. The summed E-state index contributed by atoms with van der Waals surface area (Å²) in [6.45, 7) is 4.92. The summed E-state index contributed by atoms with van der Waals surface area (Å²) in [5, 5.41) is 14.0. The lowest BCUT2D eigenvalue weighted by Gasteiger charge is -2.31. The van der Waals surface area contributed by atoms with Gasteiger partial charge in [0.25, 0.3) is 0 Å². The van der Waals surface area contributed by atoms with Gasteiger partial charge >= 0.3 is 0 Å². The molecule has 94 valence electrons. The van der Waals surface area contributed by atoms with E-state index in [1.165, 1.54) is 12.8 Å². The maximum atomic E-state index is 10.5. The summed E-state index contributed by atoms with van der Waals surface area (Å²) in [5.74, 6) is 0. The maximum absolute atomic E-state index is 10.5. The van der Waals surface area contributed by atoms with Crippen LogP contribution in [0.5, 0.6) is 0 Å². The molecule has 0 saturated carbocycles. The summed E-state index contributed by atoms with van der Waals surface area (Å²) < 4.78 is 0. The van der Waals surface area contributed by atoms with Crippen molar-refractivity contribution in [1.82, 2.24) is 10.3 Å². The number of rotatable bonds is 3. The van der Waals surface area contributed by atoms with Crippen LogP contribution in [-0.2, 0) is 5.60 Å². The van der Waals surface area contributed by atoms with Crippen molar-refractivity contribution in [3.05, 3.63) is 29.6 Å². The normalized spacial score (nSPS) is 24.3. The van der Waals surface area contributed by atoms with Gasteiger partial charge in [0.2, 0.25) is 0 Å². The summed E-state index contributed by atoms with van der Waals surface area (Å²) in [4.78, 5) is 4.26. The van der Waals surface area contributed by atoms with Gasteiger partial charge in [0, 0.05) is 23.5 Å². The molecule has 0 amide bonds. The number of hydrogen-bond acceptors (Lipinski definition) is 3. The molecule has 1 aliphatic rings. The molecule has 3 nitrogen and oxygen atoms in total. The number of aromatic nitrogens is 1. The van der Waals surface area contributed by atoms with Gasteiger partial charge in [-0.1, -0.05) is 12.5 Å². The zero-order valence-corrected chi connectivity index (χ0v) is 10.7. The number of nitrogens with zero attached hydrogens (tertiary/aromatic N) is 1. The Hall–Kier alpha value is -0.930. The standard InChI is InChI=1S/C14H22N2O/c1-11-6-7-12(10-16-11)14(2,17)9-13-5-3-4-8-15-13/h6-7,10,13,15,17H,3-5,8-9H2,1-2H3. The summed E-state index contributed by atoms with van der Waals surface area (Å²) in [6.07, 6.45) is 6.23. The maximum Gasteiger partial charge on any atom is 0.0898 e. The highest BCUT2D eigenvalue weighted by Crippen LogP contribution is 2.27. The largest absolute Gasteiger partial charge is 0.385 e. The molecule has 2 N–H and O–H groups in total. The van der Waals surface area contributed by atoms with Crippen molar-refractivity contribution in [3.8, 4) is 0 Å². The van der Waals surface area contributed by atoms with Crippen molar-refractivity contribution in [2.45, 2.75) is 51.2 Å². The van der Waals surface area contributed by atoms with E-state index in [-0.39, 0.29) is 0 Å². The molecule has 1 fully saturated rings. The van der Waals surface area contributed by atoms with E-state index < -0.39 is 5.60 Å². The van der Waals surface area contributed by atoms with Crippen LogP contribution in [0.3, 0.4) is 0 Å². The van der Waals surface area contributed by atoms with Crippen LogP contribution >= 0.6 is 0 Å². The van der Waals surface area contributed by atoms with Gasteiger partial charge in [-0.15, -0.1) is 0 Å². The van der Waals surface area contributed by atoms with Gasteiger partial charge in [-0.3, -0.25) is 4.98 Å². The first kappa shape index (κ1) is 12.5. The average Bonchev–Trinajstić information content (AvgIpc) is 2.30. The van der Waals surface area contributed by atoms with Gasteiger partial charge in [0.1, 0.15) is 0 Å². The Morgan fingerprint density at radius 3 is 2.88 bits per heavy atom. The van der Waals surface area contributed by atoms with Crippen LogP contribution in [-0.4, -0.2) is 22.7 Å². The quantitative estimate of drug-likeness (QED) is 0.842. The van der Waals surface area contributed by atoms with E-state index in [0.29, 0.717) is 6.04 Å². The lowest BCUT2D eigenvalue weighted by molar-refractivity contribution is 0.0329. The van der Waals surface area contributed by atoms with Crippen molar-refractivity contribution < 1.29 is 5.11 Å². The zero-order valence-electron chi connectivity index (χ0n) is 10.7. The van der Waals surface area contributed by atoms with E-state index in [1.54, 1.807) is 6.20 Å². The minimum atomic E-state index is -0.782. The Labute approximate surface area is 103 Å². The lowest BCUT2D eigenvalue weighted by atomic mass is 9.87. The van der Waals surface area contributed by atoms with Gasteiger partial charge in [-0.05, 0) is 45.7 Å². The zero-order chi connectivity index (χ0) is 12.3. The third kappa shape index (κ3) is 3.27. The summed E-state index contributed by atoms with van der Waals surface area (Å²) >= 11 is 0. The van der Waals surface area contributed by atoms with Crippen LogP contribution in [0.15, 0.2) is 18.3 Å². The SMILES string of the molecule is Cc1ccc(C(C)(O)CC2CCCCN2)cn1. The predicted molar refractivity (Wildman–Crippen MR) is 68.8 cm³/mol. The second kappa shape index (κ2) is 5.15. The molecule has 0 radical (unpaired) electrons. The van der Waals surface area contributed by atoms with Crippen LogP contribution in [0, 0.1) is 6.92 Å². The van der Waals surface area contributed by atoms with Gasteiger partial charge in [0.05, 0.1) is 5.60 Å². The molecule has 0 aliphatic carbocycles. The Morgan fingerprint density at radius 1 is 1.47 bits per heavy atom. The van der Waals surface area contributed by atoms with Crippen molar-refractivity contribution in [1.29, 1.82) is 0 Å². The van der Waals surface area contributed by atoms with E-state index in [4.69, 9.17) is 0 Å². The number of aryl methyl sites for hydroxylation is 1. The third-order valence-electron chi connectivity index (χ3n) is 3.59. The molecular formula is C14H22N2O. The molecule has 1 aromatic rings. The highest BCUT2D eigenvalue weighted by atomic mass is 16.3. The van der Waals surface area contributed by atoms with Gasteiger partial charge in [-0.25, -0.2) is 0 Å². The Bertz CT molecular complexity index is 353. The second-order valence-electron chi connectivity index (χ2n) is 5.31. The second-order valence-corrected chi connectivity index (χ2v) is 5.31. The van der Waals surface area contributed by atoms with Crippen LogP contribution in [0.4, 0.5) is 0 Å². The molecule has 1 saturated heterocycles. The molecule has 17 heavy (non-hydrogen) atoms. The Balaban J connectivity index is 2.04. The number of pyridine rings is 1. The monoisotopic (exact) mass is 234 g/mol. The lowest BCUT2D eigenvalue weighted by Crippen LogP contribution is -2.39. The molecule has 1 aliphatic heterocycles. The van der Waals surface area contributed by atoms with Crippen molar-refractivity contribution >= 4 is 0 Å². The third-order valence-corrected chi connectivity index (χ3v) is 3.59. The highest BCUT2D eigenvalue weighted by Gasteiger charge is 2.28. The van der Waals surface area contributed by atoms with Crippen molar-refractivity contribution in [2.24, 2.45) is 0 Å². The van der Waals surface area contributed by atoms with Crippen LogP contribution in [0.1, 0.15) is 43.9 Å². The van der Waals surface area contributed by atoms with E-state index in [0.717, 1.165) is 30.6 Å². The Morgan fingerprint density at radius 2 is 2.29 bits per heavy atom. The summed E-state index contributed by atoms with van der Waals surface area (Å²) in [5.41, 5.74) is 1.12. The van der Waals surface area contributed by atoms with E-state index in [9.17, 15) is 5.11 Å². The molecule has 2 unspecified atom stereocenters. The minimum Gasteiger partial charge on any atom is -0.385 e. The summed E-state index contributed by atoms with van der Waals surface area (Å²) in [6, 6.07) is 4.36. The molecule has 0 aromatic carbocycles. The first-order valence-corrected chi connectivity index (χ1v) is 6.47. The van der Waals surface area contributed by atoms with Crippen LogP contribution < -0.4 is 5.32 Å². The molecule has 2 heterocycles. The molecule has 1 aromatic heterocycles. The first-order chi connectivity index (χ1) is 8.08. The number of aliphatic hydroxyl groups is 1. The molecule has 0 spiro atoms. The molecule has 2 atom stereocenters. The van der Waals surface area contributed by atoms with Gasteiger partial charge < -0.3 is 10.4 Å². The van der Waals surface area contributed by atoms with Crippen molar-refractivity contribution in [2.75, 3.05) is 6.54 Å². The van der Waals surface area contributed by atoms with E-state index in [1.807, 2.05) is 26.0 Å². The summed E-state index contributed by atoms with van der Waals surface area (Å²) in [7, 11) is 0. The Kier molecular flexibility index (Phi) is 3.79. The van der Waals surface area contributed by atoms with Gasteiger partial charge in [-0.2, -0.15) is 0 Å². The molecule has 2 rings (SSSR count). The smallest absolute Gasteiger partial charge is 0.0898 e. The number of hydrogen-bond donors (Lipinski definition) is 2. The number of piperidine rings is 1. The average molecular weight is 234 g/mol. The van der Waals surface area contributed by atoms with E-state index in [2.05, 4.69) is 10.3 Å². The van der Waals surface area contributed by atoms with Crippen LogP contribution in [0.2, 0.25) is 0 Å².